The molecule has 40 heavy (non-hydrogen) atoms. The van der Waals surface area contributed by atoms with E-state index < -0.39 is 17.6 Å². The molecule has 0 bridgehead atoms. The van der Waals surface area contributed by atoms with Gasteiger partial charge in [-0.1, -0.05) is 24.3 Å². The summed E-state index contributed by atoms with van der Waals surface area (Å²) in [6.07, 6.45) is 3.03. The molecule has 0 N–H and O–H groups in total. The van der Waals surface area contributed by atoms with Crippen LogP contribution in [0.4, 0.5) is 0 Å². The summed E-state index contributed by atoms with van der Waals surface area (Å²) in [6.45, 7) is 11.5. The minimum atomic E-state index is -0.614. The number of rotatable bonds is 5. The van der Waals surface area contributed by atoms with Gasteiger partial charge in [-0.15, -0.1) is 21.5 Å². The van der Waals surface area contributed by atoms with Crippen LogP contribution in [0.1, 0.15) is 76.9 Å². The number of thiophene rings is 1. The van der Waals surface area contributed by atoms with Crippen molar-refractivity contribution in [1.29, 1.82) is 0 Å². The lowest BCUT2D eigenvalue weighted by Crippen LogP contribution is -2.24. The SMILES string of the molecule is COC(=O)C[C@@H]1N=C(c2ccc(-c3cnc(C(=O)OC(C)(C)C)cn3)cc2)c2c(sc(C)c2C)-n2c(C)nnc21. The molecular formula is C29H30N6O4S. The molecule has 4 aromatic rings. The van der Waals surface area contributed by atoms with Crippen LogP contribution in [0.25, 0.3) is 16.3 Å². The van der Waals surface area contributed by atoms with Crippen molar-refractivity contribution in [3.63, 3.8) is 0 Å². The van der Waals surface area contributed by atoms with Crippen molar-refractivity contribution < 1.29 is 19.1 Å². The molecule has 0 spiro atoms. The molecule has 0 saturated heterocycles. The van der Waals surface area contributed by atoms with Crippen LogP contribution >= 0.6 is 11.3 Å². The van der Waals surface area contributed by atoms with Crippen molar-refractivity contribution in [2.24, 2.45) is 4.99 Å². The monoisotopic (exact) mass is 558 g/mol. The first kappa shape index (κ1) is 27.3. The molecule has 0 aliphatic carbocycles. The van der Waals surface area contributed by atoms with Crippen LogP contribution in [0.5, 0.6) is 0 Å². The molecule has 206 valence electrons. The largest absolute Gasteiger partial charge is 0.469 e. The van der Waals surface area contributed by atoms with Gasteiger partial charge >= 0.3 is 11.9 Å². The molecule has 1 aliphatic heterocycles. The van der Waals surface area contributed by atoms with Gasteiger partial charge in [0.15, 0.2) is 11.5 Å². The van der Waals surface area contributed by atoms with Crippen LogP contribution in [-0.2, 0) is 14.3 Å². The summed E-state index contributed by atoms with van der Waals surface area (Å²) < 4.78 is 12.3. The number of aliphatic imine (C=N–C) groups is 1. The van der Waals surface area contributed by atoms with E-state index in [1.165, 1.54) is 18.2 Å². The smallest absolute Gasteiger partial charge is 0.359 e. The normalized spacial score (nSPS) is 14.6. The van der Waals surface area contributed by atoms with Crippen molar-refractivity contribution in [2.75, 3.05) is 7.11 Å². The number of benzene rings is 1. The third-order valence-electron chi connectivity index (χ3n) is 6.54. The summed E-state index contributed by atoms with van der Waals surface area (Å²) >= 11 is 1.65. The third-order valence-corrected chi connectivity index (χ3v) is 7.73. The molecular weight excluding hydrogens is 528 g/mol. The van der Waals surface area contributed by atoms with Gasteiger partial charge in [-0.25, -0.2) is 9.78 Å². The minimum Gasteiger partial charge on any atom is -0.469 e. The minimum absolute atomic E-state index is 0.0444. The Morgan fingerprint density at radius 2 is 1.70 bits per heavy atom. The Hall–Kier alpha value is -4.25. The van der Waals surface area contributed by atoms with E-state index in [1.54, 1.807) is 38.3 Å². The third kappa shape index (κ3) is 5.16. The number of carbonyl (C=O) groups excluding carboxylic acids is 2. The van der Waals surface area contributed by atoms with Crippen LogP contribution in [0, 0.1) is 20.8 Å². The molecule has 1 aromatic carbocycles. The molecule has 11 heteroatoms. The van der Waals surface area contributed by atoms with E-state index in [0.717, 1.165) is 38.8 Å². The van der Waals surface area contributed by atoms with E-state index in [2.05, 4.69) is 34.0 Å². The maximum Gasteiger partial charge on any atom is 0.359 e. The molecule has 0 unspecified atom stereocenters. The summed E-state index contributed by atoms with van der Waals surface area (Å²) in [6, 6.07) is 7.27. The average molecular weight is 559 g/mol. The number of aromatic nitrogens is 5. The topological polar surface area (TPSA) is 121 Å². The number of methoxy groups -OCH3 is 1. The van der Waals surface area contributed by atoms with Crippen LogP contribution in [0.15, 0.2) is 41.7 Å². The lowest BCUT2D eigenvalue weighted by molar-refractivity contribution is -0.141. The molecule has 1 atom stereocenters. The maximum absolute atomic E-state index is 12.3. The Labute approximate surface area is 236 Å². The van der Waals surface area contributed by atoms with Gasteiger partial charge in [0.1, 0.15) is 22.5 Å². The standard InChI is InChI=1S/C29H30N6O4S/c1-15-16(2)40-27-24(15)25(32-20(12-23(36)38-7)26-34-33-17(3)35(26)27)19-10-8-18(9-11-19)21-13-31-22(14-30-21)28(37)39-29(4,5)6/h8-11,13-14,20H,12H2,1-7H3/t20-/m0/s1. The van der Waals surface area contributed by atoms with Crippen molar-refractivity contribution in [3.05, 3.63) is 75.6 Å². The summed E-state index contributed by atoms with van der Waals surface area (Å²) in [4.78, 5) is 39.6. The average Bonchev–Trinajstić information content (AvgIpc) is 3.39. The van der Waals surface area contributed by atoms with Gasteiger partial charge in [-0.2, -0.15) is 0 Å². The van der Waals surface area contributed by atoms with E-state index in [4.69, 9.17) is 14.5 Å². The lowest BCUT2D eigenvalue weighted by atomic mass is 9.98. The van der Waals surface area contributed by atoms with Crippen LogP contribution in [0.2, 0.25) is 0 Å². The zero-order valence-corrected chi connectivity index (χ0v) is 24.3. The Bertz CT molecular complexity index is 1630. The maximum atomic E-state index is 12.3. The first-order chi connectivity index (χ1) is 19.0. The fraction of sp³-hybridized carbons (Fsp3) is 0.345. The summed E-state index contributed by atoms with van der Waals surface area (Å²) in [5, 5.41) is 9.67. The van der Waals surface area contributed by atoms with E-state index in [0.29, 0.717) is 11.5 Å². The Kier molecular flexibility index (Phi) is 7.09. The molecule has 10 nitrogen and oxygen atoms in total. The van der Waals surface area contributed by atoms with E-state index in [9.17, 15) is 9.59 Å². The fourth-order valence-electron chi connectivity index (χ4n) is 4.48. The van der Waals surface area contributed by atoms with E-state index in [1.807, 2.05) is 35.8 Å². The molecule has 0 saturated carbocycles. The van der Waals surface area contributed by atoms with Crippen molar-refractivity contribution in [1.82, 2.24) is 24.7 Å². The van der Waals surface area contributed by atoms with Gasteiger partial charge in [0.25, 0.3) is 0 Å². The molecule has 0 radical (unpaired) electrons. The Balaban J connectivity index is 1.53. The highest BCUT2D eigenvalue weighted by molar-refractivity contribution is 7.15. The van der Waals surface area contributed by atoms with Crippen molar-refractivity contribution in [3.8, 4) is 16.3 Å². The van der Waals surface area contributed by atoms with Crippen molar-refractivity contribution in [2.45, 2.75) is 59.6 Å². The number of esters is 2. The molecule has 4 heterocycles. The van der Waals surface area contributed by atoms with E-state index in [-0.39, 0.29) is 18.1 Å². The van der Waals surface area contributed by atoms with Crippen LogP contribution < -0.4 is 0 Å². The highest BCUT2D eigenvalue weighted by Crippen LogP contribution is 2.39. The molecule has 5 rings (SSSR count). The van der Waals surface area contributed by atoms with Crippen LogP contribution in [-0.4, -0.2) is 55.1 Å². The number of fused-ring (bicyclic) bond motifs is 3. The highest BCUT2D eigenvalue weighted by Gasteiger charge is 2.32. The summed E-state index contributed by atoms with van der Waals surface area (Å²) in [5.41, 5.74) is 4.75. The highest BCUT2D eigenvalue weighted by atomic mass is 32.1. The van der Waals surface area contributed by atoms with Gasteiger partial charge < -0.3 is 9.47 Å². The van der Waals surface area contributed by atoms with Crippen molar-refractivity contribution >= 4 is 29.0 Å². The molecule has 0 amide bonds. The second kappa shape index (κ2) is 10.4. The second-order valence-corrected chi connectivity index (χ2v) is 11.7. The zero-order valence-electron chi connectivity index (χ0n) is 23.5. The van der Waals surface area contributed by atoms with Gasteiger partial charge in [0.2, 0.25) is 0 Å². The zero-order chi connectivity index (χ0) is 28.8. The van der Waals surface area contributed by atoms with Crippen LogP contribution in [0.3, 0.4) is 0 Å². The van der Waals surface area contributed by atoms with Gasteiger partial charge in [0, 0.05) is 21.6 Å². The Morgan fingerprint density at radius 1 is 1.00 bits per heavy atom. The predicted octanol–water partition coefficient (Wildman–Crippen LogP) is 5.12. The number of nitrogens with zero attached hydrogens (tertiary/aromatic N) is 6. The summed E-state index contributed by atoms with van der Waals surface area (Å²) in [7, 11) is 1.37. The predicted molar refractivity (Wildman–Crippen MR) is 151 cm³/mol. The molecule has 3 aromatic heterocycles. The Morgan fingerprint density at radius 3 is 2.33 bits per heavy atom. The van der Waals surface area contributed by atoms with Gasteiger partial charge in [0.05, 0.1) is 37.3 Å². The fourth-order valence-corrected chi connectivity index (χ4v) is 5.69. The number of hydrogen-bond acceptors (Lipinski definition) is 10. The number of ether oxygens (including phenoxy) is 2. The van der Waals surface area contributed by atoms with Gasteiger partial charge in [-0.3, -0.25) is 19.3 Å². The first-order valence-electron chi connectivity index (χ1n) is 12.8. The number of hydrogen-bond donors (Lipinski definition) is 0. The quantitative estimate of drug-likeness (QED) is 0.309. The lowest BCUT2D eigenvalue weighted by Gasteiger charge is -2.18. The molecule has 1 aliphatic rings. The van der Waals surface area contributed by atoms with E-state index >= 15 is 0 Å². The number of carbonyl (C=O) groups is 2. The summed E-state index contributed by atoms with van der Waals surface area (Å²) in [5.74, 6) is 0.449. The first-order valence-corrected chi connectivity index (χ1v) is 13.6. The van der Waals surface area contributed by atoms with Gasteiger partial charge in [-0.05, 0) is 47.1 Å². The molecule has 0 fully saturated rings. The number of aryl methyl sites for hydroxylation is 2. The second-order valence-electron chi connectivity index (χ2n) is 10.5.